The van der Waals surface area contributed by atoms with E-state index in [2.05, 4.69) is 21.6 Å². The fourth-order valence-corrected chi connectivity index (χ4v) is 3.65. The highest BCUT2D eigenvalue weighted by Gasteiger charge is 2.25. The van der Waals surface area contributed by atoms with Crippen LogP contribution in [0.3, 0.4) is 0 Å². The van der Waals surface area contributed by atoms with Crippen LogP contribution in [-0.2, 0) is 11.3 Å². The van der Waals surface area contributed by atoms with E-state index in [-0.39, 0.29) is 35.9 Å². The third kappa shape index (κ3) is 8.01. The largest absolute Gasteiger partial charge is 0.465 e. The predicted molar refractivity (Wildman–Crippen MR) is 141 cm³/mol. The van der Waals surface area contributed by atoms with Gasteiger partial charge in [0.2, 0.25) is 0 Å². The van der Waals surface area contributed by atoms with Gasteiger partial charge in [0.05, 0.1) is 25.8 Å². The highest BCUT2D eigenvalue weighted by Crippen LogP contribution is 2.23. The molecule has 1 fully saturated rings. The van der Waals surface area contributed by atoms with E-state index in [0.29, 0.717) is 18.7 Å². The van der Waals surface area contributed by atoms with Crippen LogP contribution in [0.2, 0.25) is 0 Å². The second kappa shape index (κ2) is 13.6. The highest BCUT2D eigenvalue weighted by molar-refractivity contribution is 14.0. The molecule has 8 nitrogen and oxygen atoms in total. The quantitative estimate of drug-likeness (QED) is 0.289. The van der Waals surface area contributed by atoms with Gasteiger partial charge in [-0.1, -0.05) is 12.1 Å². The molecule has 182 valence electrons. The number of halogens is 1. The van der Waals surface area contributed by atoms with Crippen LogP contribution in [0.15, 0.2) is 45.8 Å². The lowest BCUT2D eigenvalue weighted by molar-refractivity contribution is 0.0124. The number of nitrogens with one attached hydrogen (secondary N) is 2. The molecule has 3 rings (SSSR count). The molecule has 1 aromatic carbocycles. The molecule has 1 unspecified atom stereocenters. The summed E-state index contributed by atoms with van der Waals surface area (Å²) in [4.78, 5) is 20.8. The van der Waals surface area contributed by atoms with Crippen molar-refractivity contribution < 1.29 is 13.9 Å². The summed E-state index contributed by atoms with van der Waals surface area (Å²) in [5.41, 5.74) is 1.72. The fourth-order valence-electron chi connectivity index (χ4n) is 3.65. The Kier molecular flexibility index (Phi) is 11.2. The van der Waals surface area contributed by atoms with Crippen LogP contribution >= 0.6 is 24.0 Å². The molecule has 0 radical (unpaired) electrons. The summed E-state index contributed by atoms with van der Waals surface area (Å²) in [5, 5.41) is 6.79. The summed E-state index contributed by atoms with van der Waals surface area (Å²) in [7, 11) is 3.51. The Morgan fingerprint density at radius 2 is 1.82 bits per heavy atom. The lowest BCUT2D eigenvalue weighted by Gasteiger charge is -2.33. The van der Waals surface area contributed by atoms with E-state index < -0.39 is 0 Å². The van der Waals surface area contributed by atoms with Crippen molar-refractivity contribution in [1.82, 2.24) is 20.4 Å². The minimum Gasteiger partial charge on any atom is -0.465 e. The van der Waals surface area contributed by atoms with E-state index in [9.17, 15) is 4.79 Å². The number of carbonyl (C=O) groups excluding carboxylic acids is 1. The SMILES string of the molecule is CCNC(=NCc1ccc(C(=O)N(C)C)cc1)NCC(c1ccc(C)o1)N1CCOCC1.I. The molecule has 0 saturated carbocycles. The molecule has 2 N–H and O–H groups in total. The standard InChI is InChI=1S/C24H35N5O3.HI/c1-5-25-24(26-16-19-7-9-20(10-8-19)23(30)28(3)4)27-17-21(22-11-6-18(2)32-22)29-12-14-31-15-13-29;/h6-11,21H,5,12-17H2,1-4H3,(H2,25,26,27);1H. The van der Waals surface area contributed by atoms with Crippen LogP contribution < -0.4 is 10.6 Å². The summed E-state index contributed by atoms with van der Waals surface area (Å²) in [6.07, 6.45) is 0. The maximum Gasteiger partial charge on any atom is 0.253 e. The maximum absolute atomic E-state index is 12.1. The van der Waals surface area contributed by atoms with Gasteiger partial charge in [0.15, 0.2) is 5.96 Å². The number of amides is 1. The van der Waals surface area contributed by atoms with Gasteiger partial charge in [-0.05, 0) is 43.7 Å². The molecule has 1 atom stereocenters. The molecule has 1 aromatic heterocycles. The number of morpholine rings is 1. The van der Waals surface area contributed by atoms with Crippen LogP contribution in [0.4, 0.5) is 0 Å². The topological polar surface area (TPSA) is 82.3 Å². The number of ether oxygens (including phenoxy) is 1. The second-order valence-electron chi connectivity index (χ2n) is 8.09. The Bertz CT molecular complexity index is 892. The van der Waals surface area contributed by atoms with Gasteiger partial charge in [-0.3, -0.25) is 9.69 Å². The minimum atomic E-state index is -0.00243. The molecular formula is C24H36IN5O3. The number of rotatable bonds is 8. The van der Waals surface area contributed by atoms with E-state index in [0.717, 1.165) is 55.9 Å². The Labute approximate surface area is 213 Å². The van der Waals surface area contributed by atoms with Gasteiger partial charge in [0.25, 0.3) is 5.91 Å². The number of hydrogen-bond donors (Lipinski definition) is 2. The highest BCUT2D eigenvalue weighted by atomic mass is 127. The first kappa shape index (κ1) is 27.1. The lowest BCUT2D eigenvalue weighted by Crippen LogP contribution is -2.46. The van der Waals surface area contributed by atoms with Crippen molar-refractivity contribution in [3.05, 3.63) is 59.0 Å². The predicted octanol–water partition coefficient (Wildman–Crippen LogP) is 3.04. The van der Waals surface area contributed by atoms with Gasteiger partial charge < -0.3 is 24.7 Å². The molecule has 0 bridgehead atoms. The Balaban J connectivity index is 0.00000385. The second-order valence-corrected chi connectivity index (χ2v) is 8.09. The molecule has 33 heavy (non-hydrogen) atoms. The van der Waals surface area contributed by atoms with Crippen molar-refractivity contribution in [2.45, 2.75) is 26.4 Å². The zero-order valence-electron chi connectivity index (χ0n) is 20.0. The number of aliphatic imine (C=N–C) groups is 1. The van der Waals surface area contributed by atoms with Crippen molar-refractivity contribution in [1.29, 1.82) is 0 Å². The van der Waals surface area contributed by atoms with Crippen LogP contribution in [0.1, 0.15) is 40.4 Å². The van der Waals surface area contributed by atoms with Gasteiger partial charge in [-0.25, -0.2) is 4.99 Å². The summed E-state index contributed by atoms with van der Waals surface area (Å²) >= 11 is 0. The van der Waals surface area contributed by atoms with E-state index in [4.69, 9.17) is 14.1 Å². The van der Waals surface area contributed by atoms with Gasteiger partial charge in [0.1, 0.15) is 11.5 Å². The van der Waals surface area contributed by atoms with E-state index in [1.165, 1.54) is 0 Å². The normalized spacial score (nSPS) is 15.5. The molecule has 2 heterocycles. The summed E-state index contributed by atoms with van der Waals surface area (Å²) < 4.78 is 11.5. The van der Waals surface area contributed by atoms with Crippen LogP contribution in [0.25, 0.3) is 0 Å². The molecule has 1 saturated heterocycles. The number of guanidine groups is 1. The molecule has 0 spiro atoms. The molecule has 0 aliphatic carbocycles. The van der Waals surface area contributed by atoms with E-state index in [1.807, 2.05) is 44.2 Å². The Hall–Kier alpha value is -2.11. The summed E-state index contributed by atoms with van der Waals surface area (Å²) in [5.74, 6) is 2.61. The van der Waals surface area contributed by atoms with Crippen molar-refractivity contribution >= 4 is 35.8 Å². The van der Waals surface area contributed by atoms with Gasteiger partial charge in [-0.15, -0.1) is 24.0 Å². The van der Waals surface area contributed by atoms with Gasteiger partial charge in [0, 0.05) is 45.8 Å². The molecular weight excluding hydrogens is 533 g/mol. The number of furan rings is 1. The number of nitrogens with zero attached hydrogens (tertiary/aromatic N) is 3. The zero-order valence-corrected chi connectivity index (χ0v) is 22.3. The molecule has 1 aliphatic rings. The Morgan fingerprint density at radius 3 is 2.39 bits per heavy atom. The monoisotopic (exact) mass is 569 g/mol. The number of hydrogen-bond acceptors (Lipinski definition) is 5. The number of benzene rings is 1. The number of aryl methyl sites for hydroxylation is 1. The van der Waals surface area contributed by atoms with Crippen LogP contribution in [0.5, 0.6) is 0 Å². The molecule has 1 amide bonds. The minimum absolute atomic E-state index is 0. The van der Waals surface area contributed by atoms with Crippen molar-refractivity contribution in [2.24, 2.45) is 4.99 Å². The third-order valence-corrected chi connectivity index (χ3v) is 5.41. The summed E-state index contributed by atoms with van der Waals surface area (Å²) in [6.45, 7) is 9.19. The van der Waals surface area contributed by atoms with Crippen LogP contribution in [0, 0.1) is 6.92 Å². The average Bonchev–Trinajstić information content (AvgIpc) is 3.24. The first-order valence-corrected chi connectivity index (χ1v) is 11.2. The smallest absolute Gasteiger partial charge is 0.253 e. The first-order chi connectivity index (χ1) is 15.5. The lowest BCUT2D eigenvalue weighted by atomic mass is 10.1. The zero-order chi connectivity index (χ0) is 22.9. The first-order valence-electron chi connectivity index (χ1n) is 11.2. The summed E-state index contributed by atoms with van der Waals surface area (Å²) in [6, 6.07) is 11.8. The van der Waals surface area contributed by atoms with Crippen molar-refractivity contribution in [2.75, 3.05) is 53.5 Å². The fraction of sp³-hybridized carbons (Fsp3) is 0.500. The van der Waals surface area contributed by atoms with Gasteiger partial charge >= 0.3 is 0 Å². The molecule has 2 aromatic rings. The van der Waals surface area contributed by atoms with Crippen molar-refractivity contribution in [3.8, 4) is 0 Å². The van der Waals surface area contributed by atoms with Crippen molar-refractivity contribution in [3.63, 3.8) is 0 Å². The molecule has 9 heteroatoms. The number of carbonyl (C=O) groups is 1. The third-order valence-electron chi connectivity index (χ3n) is 5.41. The molecule has 1 aliphatic heterocycles. The maximum atomic E-state index is 12.1. The van der Waals surface area contributed by atoms with E-state index in [1.54, 1.807) is 19.0 Å². The van der Waals surface area contributed by atoms with Crippen LogP contribution in [-0.4, -0.2) is 75.2 Å². The van der Waals surface area contributed by atoms with Gasteiger partial charge in [-0.2, -0.15) is 0 Å². The average molecular weight is 569 g/mol. The Morgan fingerprint density at radius 1 is 1.12 bits per heavy atom. The van der Waals surface area contributed by atoms with E-state index >= 15 is 0 Å².